The second-order valence-corrected chi connectivity index (χ2v) is 6.06. The van der Waals surface area contributed by atoms with Crippen molar-refractivity contribution >= 4 is 5.97 Å². The van der Waals surface area contributed by atoms with E-state index in [0.717, 1.165) is 12.6 Å². The number of nitrogens with one attached hydrogen (secondary N) is 1. The van der Waals surface area contributed by atoms with Crippen molar-refractivity contribution < 1.29 is 9.53 Å². The molecule has 114 valence electrons. The van der Waals surface area contributed by atoms with E-state index >= 15 is 0 Å². The molecule has 2 aliphatic heterocycles. The highest BCUT2D eigenvalue weighted by atomic mass is 16.5. The number of piperidine rings is 1. The van der Waals surface area contributed by atoms with Crippen LogP contribution < -0.4 is 5.32 Å². The first-order valence-electron chi connectivity index (χ1n) is 7.92. The van der Waals surface area contributed by atoms with Crippen LogP contribution in [0.1, 0.15) is 41.6 Å². The Morgan fingerprint density at radius 2 is 2.05 bits per heavy atom. The van der Waals surface area contributed by atoms with Crippen LogP contribution in [0.25, 0.3) is 0 Å². The number of hydrogen-bond donors (Lipinski definition) is 1. The van der Waals surface area contributed by atoms with Gasteiger partial charge in [0.2, 0.25) is 0 Å². The van der Waals surface area contributed by atoms with E-state index in [1.165, 1.54) is 51.4 Å². The van der Waals surface area contributed by atoms with Crippen LogP contribution >= 0.6 is 0 Å². The fraction of sp³-hybridized carbons (Fsp3) is 0.588. The summed E-state index contributed by atoms with van der Waals surface area (Å²) in [4.78, 5) is 14.0. The van der Waals surface area contributed by atoms with E-state index in [9.17, 15) is 4.79 Å². The van der Waals surface area contributed by atoms with Gasteiger partial charge in [0.05, 0.1) is 12.7 Å². The van der Waals surface area contributed by atoms with Crippen molar-refractivity contribution in [1.82, 2.24) is 10.2 Å². The molecule has 2 fully saturated rings. The fourth-order valence-corrected chi connectivity index (χ4v) is 3.61. The van der Waals surface area contributed by atoms with Crippen molar-refractivity contribution in [2.75, 3.05) is 20.2 Å². The molecule has 4 heteroatoms. The van der Waals surface area contributed by atoms with Gasteiger partial charge in [0.15, 0.2) is 0 Å². The molecule has 2 atom stereocenters. The summed E-state index contributed by atoms with van der Waals surface area (Å²) in [5, 5.41) is 3.70. The van der Waals surface area contributed by atoms with E-state index < -0.39 is 0 Å². The minimum absolute atomic E-state index is 0.275. The van der Waals surface area contributed by atoms with E-state index in [4.69, 9.17) is 4.74 Å². The van der Waals surface area contributed by atoms with Crippen molar-refractivity contribution in [2.24, 2.45) is 0 Å². The summed E-state index contributed by atoms with van der Waals surface area (Å²) < 4.78 is 4.72. The number of nitrogens with zero attached hydrogens (tertiary/aromatic N) is 1. The summed E-state index contributed by atoms with van der Waals surface area (Å²) in [6.07, 6.45) is 5.31. The first kappa shape index (κ1) is 14.5. The third-order valence-electron chi connectivity index (χ3n) is 4.80. The van der Waals surface area contributed by atoms with Crippen molar-refractivity contribution in [3.05, 3.63) is 35.4 Å². The Hall–Kier alpha value is -1.39. The number of carbonyl (C=O) groups excluding carboxylic acids is 1. The predicted molar refractivity (Wildman–Crippen MR) is 82.2 cm³/mol. The number of methoxy groups -OCH3 is 1. The molecular formula is C17H24N2O2. The van der Waals surface area contributed by atoms with E-state index in [0.29, 0.717) is 11.6 Å². The Morgan fingerprint density at radius 1 is 1.24 bits per heavy atom. The van der Waals surface area contributed by atoms with Crippen molar-refractivity contribution in [3.63, 3.8) is 0 Å². The van der Waals surface area contributed by atoms with Crippen LogP contribution in [-0.2, 0) is 11.3 Å². The summed E-state index contributed by atoms with van der Waals surface area (Å²) in [7, 11) is 1.41. The van der Waals surface area contributed by atoms with E-state index in [-0.39, 0.29) is 5.97 Å². The Morgan fingerprint density at radius 3 is 2.81 bits per heavy atom. The molecule has 3 rings (SSSR count). The van der Waals surface area contributed by atoms with Gasteiger partial charge in [-0.15, -0.1) is 0 Å². The number of ether oxygens (including phenoxy) is 1. The summed E-state index contributed by atoms with van der Waals surface area (Å²) in [5.74, 6) is -0.275. The molecule has 0 spiro atoms. The number of carbonyl (C=O) groups is 1. The molecule has 4 nitrogen and oxygen atoms in total. The lowest BCUT2D eigenvalue weighted by Gasteiger charge is -2.32. The van der Waals surface area contributed by atoms with Gasteiger partial charge in [-0.3, -0.25) is 4.90 Å². The van der Waals surface area contributed by atoms with E-state index in [1.54, 1.807) is 0 Å². The van der Waals surface area contributed by atoms with E-state index in [1.807, 2.05) is 24.3 Å². The van der Waals surface area contributed by atoms with Gasteiger partial charge in [0.1, 0.15) is 0 Å². The van der Waals surface area contributed by atoms with Crippen LogP contribution in [-0.4, -0.2) is 43.2 Å². The maximum Gasteiger partial charge on any atom is 0.337 e. The normalized spacial score (nSPS) is 25.6. The maximum absolute atomic E-state index is 11.4. The summed E-state index contributed by atoms with van der Waals surface area (Å²) in [6.45, 7) is 3.39. The molecule has 2 saturated heterocycles. The minimum atomic E-state index is -0.275. The number of rotatable bonds is 4. The largest absolute Gasteiger partial charge is 0.465 e. The average molecular weight is 288 g/mol. The smallest absolute Gasteiger partial charge is 0.337 e. The molecule has 2 unspecified atom stereocenters. The highest BCUT2D eigenvalue weighted by Crippen LogP contribution is 2.27. The average Bonchev–Trinajstić information content (AvgIpc) is 2.96. The molecule has 1 aromatic carbocycles. The van der Waals surface area contributed by atoms with Crippen LogP contribution in [0, 0.1) is 0 Å². The van der Waals surface area contributed by atoms with Gasteiger partial charge in [-0.05, 0) is 43.5 Å². The molecule has 1 aromatic rings. The van der Waals surface area contributed by atoms with Gasteiger partial charge >= 0.3 is 5.97 Å². The maximum atomic E-state index is 11.4. The zero-order chi connectivity index (χ0) is 14.7. The quantitative estimate of drug-likeness (QED) is 0.862. The lowest BCUT2D eigenvalue weighted by Crippen LogP contribution is -2.44. The molecule has 2 heterocycles. The zero-order valence-electron chi connectivity index (χ0n) is 12.7. The van der Waals surface area contributed by atoms with Gasteiger partial charge in [0.25, 0.3) is 0 Å². The van der Waals surface area contributed by atoms with Crippen molar-refractivity contribution in [1.29, 1.82) is 0 Å². The molecule has 2 aliphatic rings. The molecular weight excluding hydrogens is 264 g/mol. The van der Waals surface area contributed by atoms with Crippen LogP contribution in [0.15, 0.2) is 24.3 Å². The monoisotopic (exact) mass is 288 g/mol. The van der Waals surface area contributed by atoms with Gasteiger partial charge in [0, 0.05) is 25.2 Å². The highest BCUT2D eigenvalue weighted by Gasteiger charge is 2.34. The van der Waals surface area contributed by atoms with Crippen LogP contribution in [0.5, 0.6) is 0 Å². The van der Waals surface area contributed by atoms with Crippen molar-refractivity contribution in [2.45, 2.75) is 44.3 Å². The lowest BCUT2D eigenvalue weighted by atomic mass is 9.99. The van der Waals surface area contributed by atoms with Gasteiger partial charge < -0.3 is 10.1 Å². The standard InChI is InChI=1S/C17H24N2O2/c1-21-17(20)14-7-5-13(6-8-14)12-18-15-9-11-19-10-3-2-4-16(15)19/h5-8,15-16,18H,2-4,9-12H2,1H3. The molecule has 0 radical (unpaired) electrons. The number of fused-ring (bicyclic) bond motifs is 1. The number of hydrogen-bond acceptors (Lipinski definition) is 4. The lowest BCUT2D eigenvalue weighted by molar-refractivity contribution is 0.0600. The Balaban J connectivity index is 1.54. The predicted octanol–water partition coefficient (Wildman–Crippen LogP) is 2.19. The fourth-order valence-electron chi connectivity index (χ4n) is 3.61. The second-order valence-electron chi connectivity index (χ2n) is 6.06. The molecule has 0 aliphatic carbocycles. The minimum Gasteiger partial charge on any atom is -0.465 e. The first-order valence-corrected chi connectivity index (χ1v) is 7.92. The molecule has 0 bridgehead atoms. The summed E-state index contributed by atoms with van der Waals surface area (Å²) in [5.41, 5.74) is 1.83. The van der Waals surface area contributed by atoms with Crippen LogP contribution in [0.3, 0.4) is 0 Å². The summed E-state index contributed by atoms with van der Waals surface area (Å²) in [6, 6.07) is 9.03. The number of esters is 1. The first-order chi connectivity index (χ1) is 10.3. The topological polar surface area (TPSA) is 41.6 Å². The molecule has 0 amide bonds. The van der Waals surface area contributed by atoms with E-state index in [2.05, 4.69) is 10.2 Å². The molecule has 1 N–H and O–H groups in total. The number of benzene rings is 1. The Kier molecular flexibility index (Phi) is 4.56. The molecule has 0 saturated carbocycles. The van der Waals surface area contributed by atoms with Crippen LogP contribution in [0.4, 0.5) is 0 Å². The van der Waals surface area contributed by atoms with Gasteiger partial charge in [-0.2, -0.15) is 0 Å². The zero-order valence-corrected chi connectivity index (χ0v) is 12.7. The van der Waals surface area contributed by atoms with Gasteiger partial charge in [-0.1, -0.05) is 18.6 Å². The highest BCUT2D eigenvalue weighted by molar-refractivity contribution is 5.89. The van der Waals surface area contributed by atoms with Gasteiger partial charge in [-0.25, -0.2) is 4.79 Å². The second kappa shape index (κ2) is 6.58. The molecule has 0 aromatic heterocycles. The molecule has 21 heavy (non-hydrogen) atoms. The van der Waals surface area contributed by atoms with Crippen LogP contribution in [0.2, 0.25) is 0 Å². The third kappa shape index (κ3) is 3.27. The SMILES string of the molecule is COC(=O)c1ccc(CNC2CCN3CCCCC23)cc1. The summed E-state index contributed by atoms with van der Waals surface area (Å²) >= 11 is 0. The van der Waals surface area contributed by atoms with Crippen molar-refractivity contribution in [3.8, 4) is 0 Å². The third-order valence-corrected chi connectivity index (χ3v) is 4.80. The Labute approximate surface area is 126 Å². The Bertz CT molecular complexity index is 486.